The van der Waals surface area contributed by atoms with Gasteiger partial charge in [0, 0.05) is 50.1 Å². The Morgan fingerprint density at radius 1 is 1.50 bits per heavy atom. The second kappa shape index (κ2) is 7.40. The number of aromatic nitrogens is 1. The fourth-order valence-electron chi connectivity index (χ4n) is 2.21. The van der Waals surface area contributed by atoms with Crippen molar-refractivity contribution in [3.05, 3.63) is 30.1 Å². The predicted molar refractivity (Wildman–Crippen MR) is 83.5 cm³/mol. The van der Waals surface area contributed by atoms with Crippen LogP contribution in [0.25, 0.3) is 0 Å². The third-order valence-electron chi connectivity index (χ3n) is 3.29. The summed E-state index contributed by atoms with van der Waals surface area (Å²) in [5.41, 5.74) is 1.00. The molecule has 0 aromatic carbocycles. The molecular weight excluding hydrogens is 294 g/mol. The van der Waals surface area contributed by atoms with E-state index < -0.39 is 9.84 Å². The van der Waals surface area contributed by atoms with Gasteiger partial charge in [-0.3, -0.25) is 9.88 Å². The van der Waals surface area contributed by atoms with Crippen LogP contribution in [0, 0.1) is 0 Å². The van der Waals surface area contributed by atoms with Gasteiger partial charge in [0.25, 0.3) is 0 Å². The van der Waals surface area contributed by atoms with Crippen LogP contribution in [-0.4, -0.2) is 61.1 Å². The standard InChI is InChI=1S/C13H21N3O2S2/c1-20(17,18)13-11-19-9-8-16(13)7-6-14-10-12-4-2-3-5-15-12/h2-5,13-14H,6-11H2,1H3. The minimum absolute atomic E-state index is 0.335. The van der Waals surface area contributed by atoms with Crippen molar-refractivity contribution in [2.75, 3.05) is 37.4 Å². The van der Waals surface area contributed by atoms with Crippen molar-refractivity contribution >= 4 is 21.6 Å². The van der Waals surface area contributed by atoms with Gasteiger partial charge in [-0.1, -0.05) is 6.07 Å². The zero-order valence-electron chi connectivity index (χ0n) is 11.7. The summed E-state index contributed by atoms with van der Waals surface area (Å²) in [6, 6.07) is 5.83. The molecule has 20 heavy (non-hydrogen) atoms. The van der Waals surface area contributed by atoms with Gasteiger partial charge in [-0.05, 0) is 12.1 Å². The van der Waals surface area contributed by atoms with Crippen molar-refractivity contribution < 1.29 is 8.42 Å². The van der Waals surface area contributed by atoms with Crippen molar-refractivity contribution in [3.63, 3.8) is 0 Å². The minimum atomic E-state index is -3.00. The minimum Gasteiger partial charge on any atom is -0.310 e. The van der Waals surface area contributed by atoms with E-state index in [0.29, 0.717) is 12.3 Å². The number of thioether (sulfide) groups is 1. The van der Waals surface area contributed by atoms with Crippen LogP contribution in [0.2, 0.25) is 0 Å². The molecule has 1 N–H and O–H groups in total. The van der Waals surface area contributed by atoms with Gasteiger partial charge in [-0.15, -0.1) is 0 Å². The molecule has 1 saturated heterocycles. The Bertz CT molecular complexity index is 508. The molecule has 1 aromatic heterocycles. The van der Waals surface area contributed by atoms with Gasteiger partial charge < -0.3 is 5.32 Å². The van der Waals surface area contributed by atoms with Crippen LogP contribution in [0.1, 0.15) is 5.69 Å². The monoisotopic (exact) mass is 315 g/mol. The van der Waals surface area contributed by atoms with E-state index in [9.17, 15) is 8.42 Å². The Hall–Kier alpha value is -0.630. The normalized spacial score (nSPS) is 20.9. The van der Waals surface area contributed by atoms with Gasteiger partial charge in [-0.2, -0.15) is 11.8 Å². The number of hydrogen-bond acceptors (Lipinski definition) is 6. The molecule has 0 bridgehead atoms. The first-order chi connectivity index (χ1) is 9.57. The Kier molecular flexibility index (Phi) is 5.83. The summed E-state index contributed by atoms with van der Waals surface area (Å²) in [7, 11) is -3.00. The van der Waals surface area contributed by atoms with Crippen LogP contribution in [0.15, 0.2) is 24.4 Å². The molecule has 2 rings (SSSR count). The van der Waals surface area contributed by atoms with Crippen molar-refractivity contribution in [1.29, 1.82) is 0 Å². The molecule has 1 atom stereocenters. The van der Waals surface area contributed by atoms with Gasteiger partial charge in [0.2, 0.25) is 0 Å². The number of nitrogens with zero attached hydrogens (tertiary/aromatic N) is 2. The Morgan fingerprint density at radius 3 is 3.05 bits per heavy atom. The number of pyridine rings is 1. The van der Waals surface area contributed by atoms with Crippen LogP contribution in [0.4, 0.5) is 0 Å². The first-order valence-corrected chi connectivity index (χ1v) is 9.79. The van der Waals surface area contributed by atoms with Crippen LogP contribution in [-0.2, 0) is 16.4 Å². The van der Waals surface area contributed by atoms with Gasteiger partial charge in [0.15, 0.2) is 9.84 Å². The molecule has 1 aliphatic heterocycles. The van der Waals surface area contributed by atoms with Gasteiger partial charge in [0.05, 0.1) is 5.69 Å². The van der Waals surface area contributed by atoms with Gasteiger partial charge in [-0.25, -0.2) is 8.42 Å². The topological polar surface area (TPSA) is 62.3 Å². The molecule has 1 fully saturated rings. The molecule has 0 spiro atoms. The average molecular weight is 315 g/mol. The highest BCUT2D eigenvalue weighted by Crippen LogP contribution is 2.19. The molecule has 0 aliphatic carbocycles. The van der Waals surface area contributed by atoms with E-state index in [0.717, 1.165) is 31.1 Å². The van der Waals surface area contributed by atoms with Crippen LogP contribution >= 0.6 is 11.8 Å². The smallest absolute Gasteiger partial charge is 0.164 e. The third-order valence-corrected chi connectivity index (χ3v) is 5.98. The van der Waals surface area contributed by atoms with E-state index in [1.54, 1.807) is 18.0 Å². The summed E-state index contributed by atoms with van der Waals surface area (Å²) < 4.78 is 23.5. The lowest BCUT2D eigenvalue weighted by Crippen LogP contribution is -2.49. The largest absolute Gasteiger partial charge is 0.310 e. The van der Waals surface area contributed by atoms with Crippen molar-refractivity contribution in [1.82, 2.24) is 15.2 Å². The second-order valence-electron chi connectivity index (χ2n) is 4.89. The number of rotatable bonds is 6. The zero-order valence-corrected chi connectivity index (χ0v) is 13.3. The fraction of sp³-hybridized carbons (Fsp3) is 0.615. The first-order valence-electron chi connectivity index (χ1n) is 6.68. The van der Waals surface area contributed by atoms with Crippen molar-refractivity contribution in [2.24, 2.45) is 0 Å². The summed E-state index contributed by atoms with van der Waals surface area (Å²) >= 11 is 1.72. The van der Waals surface area contributed by atoms with Crippen molar-refractivity contribution in [3.8, 4) is 0 Å². The number of hydrogen-bond donors (Lipinski definition) is 1. The Labute approximate surface area is 125 Å². The molecule has 5 nitrogen and oxygen atoms in total. The molecule has 0 saturated carbocycles. The number of sulfone groups is 1. The maximum Gasteiger partial charge on any atom is 0.164 e. The summed E-state index contributed by atoms with van der Waals surface area (Å²) in [6.07, 6.45) is 3.11. The molecule has 1 unspecified atom stereocenters. The lowest BCUT2D eigenvalue weighted by molar-refractivity contribution is 0.269. The first kappa shape index (κ1) is 15.8. The molecule has 1 aliphatic rings. The van der Waals surface area contributed by atoms with E-state index in [4.69, 9.17) is 0 Å². The second-order valence-corrected chi connectivity index (χ2v) is 8.25. The van der Waals surface area contributed by atoms with Gasteiger partial charge >= 0.3 is 0 Å². The Morgan fingerprint density at radius 2 is 2.35 bits per heavy atom. The van der Waals surface area contributed by atoms with E-state index in [-0.39, 0.29) is 5.37 Å². The lowest BCUT2D eigenvalue weighted by atomic mass is 10.3. The fourth-order valence-corrected chi connectivity index (χ4v) is 5.18. The molecule has 2 heterocycles. The summed E-state index contributed by atoms with van der Waals surface area (Å²) in [5.74, 6) is 1.69. The predicted octanol–water partition coefficient (Wildman–Crippen LogP) is 0.591. The van der Waals surface area contributed by atoms with Gasteiger partial charge in [0.1, 0.15) is 5.37 Å². The lowest BCUT2D eigenvalue weighted by Gasteiger charge is -2.33. The highest BCUT2D eigenvalue weighted by Gasteiger charge is 2.30. The maximum absolute atomic E-state index is 11.8. The molecule has 7 heteroatoms. The van der Waals surface area contributed by atoms with E-state index in [1.807, 2.05) is 18.2 Å². The highest BCUT2D eigenvalue weighted by atomic mass is 32.2. The molecule has 112 valence electrons. The van der Waals surface area contributed by atoms with E-state index >= 15 is 0 Å². The zero-order chi connectivity index (χ0) is 14.4. The molecule has 1 aromatic rings. The van der Waals surface area contributed by atoms with E-state index in [1.165, 1.54) is 6.26 Å². The summed E-state index contributed by atoms with van der Waals surface area (Å²) in [4.78, 5) is 6.31. The summed E-state index contributed by atoms with van der Waals surface area (Å²) in [6.45, 7) is 3.08. The SMILES string of the molecule is CS(=O)(=O)C1CSCCN1CCNCc1ccccn1. The van der Waals surface area contributed by atoms with Crippen LogP contribution in [0.3, 0.4) is 0 Å². The van der Waals surface area contributed by atoms with Crippen molar-refractivity contribution in [2.45, 2.75) is 11.9 Å². The van der Waals surface area contributed by atoms with Crippen LogP contribution < -0.4 is 5.32 Å². The maximum atomic E-state index is 11.8. The van der Waals surface area contributed by atoms with Crippen LogP contribution in [0.5, 0.6) is 0 Å². The quantitative estimate of drug-likeness (QED) is 0.775. The molecular formula is C13H21N3O2S2. The Balaban J connectivity index is 1.77. The molecule has 0 amide bonds. The molecule has 0 radical (unpaired) electrons. The number of nitrogens with one attached hydrogen (secondary N) is 1. The average Bonchev–Trinajstić information content (AvgIpc) is 2.44. The highest BCUT2D eigenvalue weighted by molar-refractivity contribution is 8.00. The third kappa shape index (κ3) is 4.73. The van der Waals surface area contributed by atoms with E-state index in [2.05, 4.69) is 15.2 Å². The summed E-state index contributed by atoms with van der Waals surface area (Å²) in [5, 5.41) is 2.98.